The molecule has 0 spiro atoms. The van der Waals surface area contributed by atoms with E-state index in [4.69, 9.17) is 9.47 Å². The molecule has 0 radical (unpaired) electrons. The lowest BCUT2D eigenvalue weighted by Gasteiger charge is -2.10. The highest BCUT2D eigenvalue weighted by molar-refractivity contribution is 6.35. The number of amides is 2. The van der Waals surface area contributed by atoms with Gasteiger partial charge in [-0.1, -0.05) is 12.8 Å². The summed E-state index contributed by atoms with van der Waals surface area (Å²) in [5.74, 6) is -0.224. The topological polar surface area (TPSA) is 89.0 Å². The number of hydrazone groups is 1. The highest BCUT2D eigenvalue weighted by Crippen LogP contribution is 2.22. The van der Waals surface area contributed by atoms with Crippen molar-refractivity contribution in [1.82, 2.24) is 10.7 Å². The first-order valence-electron chi connectivity index (χ1n) is 7.50. The molecule has 1 aromatic rings. The molecule has 0 saturated heterocycles. The lowest BCUT2D eigenvalue weighted by Crippen LogP contribution is -2.42. The number of carbonyl (C=O) groups is 2. The third kappa shape index (κ3) is 4.70. The van der Waals surface area contributed by atoms with Crippen LogP contribution >= 0.6 is 0 Å². The number of hydrogen-bond acceptors (Lipinski definition) is 5. The Balaban J connectivity index is 1.92. The normalized spacial score (nSPS) is 14.7. The Bertz CT molecular complexity index is 595. The van der Waals surface area contributed by atoms with Gasteiger partial charge < -0.3 is 14.8 Å². The summed E-state index contributed by atoms with van der Waals surface area (Å²) in [6.07, 6.45) is 5.41. The molecule has 1 saturated carbocycles. The molecule has 1 aliphatic carbocycles. The minimum atomic E-state index is -0.782. The van der Waals surface area contributed by atoms with Crippen LogP contribution in [0.15, 0.2) is 23.3 Å². The fourth-order valence-corrected chi connectivity index (χ4v) is 2.47. The summed E-state index contributed by atoms with van der Waals surface area (Å²) in [7, 11) is 3.09. The molecule has 2 rings (SSSR count). The molecule has 0 aromatic heterocycles. The molecule has 0 bridgehead atoms. The smallest absolute Gasteiger partial charge is 0.329 e. The van der Waals surface area contributed by atoms with Crippen molar-refractivity contribution in [2.45, 2.75) is 31.7 Å². The number of methoxy groups -OCH3 is 2. The van der Waals surface area contributed by atoms with Crippen molar-refractivity contribution in [2.24, 2.45) is 5.10 Å². The molecule has 124 valence electrons. The van der Waals surface area contributed by atoms with Crippen LogP contribution in [0.2, 0.25) is 0 Å². The molecule has 0 atom stereocenters. The van der Waals surface area contributed by atoms with Crippen molar-refractivity contribution in [3.05, 3.63) is 23.8 Å². The van der Waals surface area contributed by atoms with Crippen LogP contribution in [-0.2, 0) is 9.59 Å². The molecule has 7 heteroatoms. The lowest BCUT2D eigenvalue weighted by atomic mass is 10.2. The molecule has 1 aromatic carbocycles. The zero-order valence-corrected chi connectivity index (χ0v) is 13.3. The van der Waals surface area contributed by atoms with E-state index in [0.29, 0.717) is 17.1 Å². The summed E-state index contributed by atoms with van der Waals surface area (Å²) >= 11 is 0. The van der Waals surface area contributed by atoms with E-state index in [1.54, 1.807) is 25.3 Å². The van der Waals surface area contributed by atoms with Gasteiger partial charge in [0.15, 0.2) is 0 Å². The van der Waals surface area contributed by atoms with Crippen LogP contribution in [0.1, 0.15) is 31.2 Å². The van der Waals surface area contributed by atoms with Crippen molar-refractivity contribution in [2.75, 3.05) is 14.2 Å². The summed E-state index contributed by atoms with van der Waals surface area (Å²) in [6, 6.07) is 5.29. The van der Waals surface area contributed by atoms with E-state index in [2.05, 4.69) is 15.8 Å². The highest BCUT2D eigenvalue weighted by atomic mass is 16.5. The van der Waals surface area contributed by atoms with Gasteiger partial charge in [0, 0.05) is 11.6 Å². The maximum Gasteiger partial charge on any atom is 0.329 e. The third-order valence-corrected chi connectivity index (χ3v) is 3.70. The van der Waals surface area contributed by atoms with Crippen LogP contribution in [0.5, 0.6) is 11.5 Å². The Hall–Kier alpha value is -2.57. The Kier molecular flexibility index (Phi) is 5.96. The van der Waals surface area contributed by atoms with Gasteiger partial charge in [0.25, 0.3) is 0 Å². The predicted octanol–water partition coefficient (Wildman–Crippen LogP) is 1.21. The number of nitrogens with one attached hydrogen (secondary N) is 2. The molecule has 1 fully saturated rings. The fraction of sp³-hybridized carbons (Fsp3) is 0.438. The van der Waals surface area contributed by atoms with Crippen LogP contribution < -0.4 is 20.2 Å². The van der Waals surface area contributed by atoms with Crippen molar-refractivity contribution in [3.8, 4) is 11.5 Å². The maximum absolute atomic E-state index is 11.7. The van der Waals surface area contributed by atoms with E-state index in [-0.39, 0.29) is 6.04 Å². The number of nitrogens with zero attached hydrogens (tertiary/aromatic N) is 1. The molecule has 0 heterocycles. The standard InChI is InChI=1S/C16H21N3O4/c1-22-13-7-8-14(23-2)11(9-13)10-17-19-16(21)15(20)18-12-5-3-4-6-12/h7-10,12H,3-6H2,1-2H3,(H,18,20)(H,19,21)/b17-10+. The second-order valence-electron chi connectivity index (χ2n) is 5.26. The van der Waals surface area contributed by atoms with E-state index < -0.39 is 11.8 Å². The second-order valence-corrected chi connectivity index (χ2v) is 5.26. The lowest BCUT2D eigenvalue weighted by molar-refractivity contribution is -0.139. The molecule has 2 N–H and O–H groups in total. The highest BCUT2D eigenvalue weighted by Gasteiger charge is 2.21. The predicted molar refractivity (Wildman–Crippen MR) is 85.7 cm³/mol. The number of rotatable bonds is 5. The summed E-state index contributed by atoms with van der Waals surface area (Å²) in [4.78, 5) is 23.4. The molecular formula is C16H21N3O4. The fourth-order valence-electron chi connectivity index (χ4n) is 2.47. The van der Waals surface area contributed by atoms with Gasteiger partial charge in [-0.3, -0.25) is 9.59 Å². The van der Waals surface area contributed by atoms with Gasteiger partial charge in [0.1, 0.15) is 11.5 Å². The second kappa shape index (κ2) is 8.17. The average Bonchev–Trinajstić information content (AvgIpc) is 3.07. The van der Waals surface area contributed by atoms with Crippen LogP contribution in [0.3, 0.4) is 0 Å². The van der Waals surface area contributed by atoms with Gasteiger partial charge in [-0.15, -0.1) is 0 Å². The molecule has 7 nitrogen and oxygen atoms in total. The van der Waals surface area contributed by atoms with E-state index >= 15 is 0 Å². The largest absolute Gasteiger partial charge is 0.497 e. The van der Waals surface area contributed by atoms with Crippen LogP contribution in [0.4, 0.5) is 0 Å². The molecule has 1 aliphatic rings. The Labute approximate surface area is 135 Å². The number of benzene rings is 1. The van der Waals surface area contributed by atoms with Crippen LogP contribution in [0, 0.1) is 0 Å². The van der Waals surface area contributed by atoms with Crippen molar-refractivity contribution in [1.29, 1.82) is 0 Å². The Morgan fingerprint density at radius 3 is 2.57 bits per heavy atom. The number of carbonyl (C=O) groups excluding carboxylic acids is 2. The van der Waals surface area contributed by atoms with Gasteiger partial charge in [-0.2, -0.15) is 5.10 Å². The number of ether oxygens (including phenoxy) is 2. The molecule has 0 aliphatic heterocycles. The minimum absolute atomic E-state index is 0.0932. The third-order valence-electron chi connectivity index (χ3n) is 3.70. The van der Waals surface area contributed by atoms with Crippen molar-refractivity contribution in [3.63, 3.8) is 0 Å². The van der Waals surface area contributed by atoms with Gasteiger partial charge in [-0.25, -0.2) is 5.43 Å². The van der Waals surface area contributed by atoms with Crippen molar-refractivity contribution < 1.29 is 19.1 Å². The Morgan fingerprint density at radius 2 is 1.91 bits per heavy atom. The van der Waals surface area contributed by atoms with Crippen LogP contribution in [0.25, 0.3) is 0 Å². The van der Waals surface area contributed by atoms with Gasteiger partial charge >= 0.3 is 11.8 Å². The first-order chi connectivity index (χ1) is 11.1. The SMILES string of the molecule is COc1ccc(OC)c(/C=N/NC(=O)C(=O)NC2CCCC2)c1. The summed E-state index contributed by atoms with van der Waals surface area (Å²) in [5, 5.41) is 6.50. The van der Waals surface area contributed by atoms with Gasteiger partial charge in [0.2, 0.25) is 0 Å². The van der Waals surface area contributed by atoms with Crippen LogP contribution in [-0.4, -0.2) is 38.3 Å². The zero-order chi connectivity index (χ0) is 16.7. The molecular weight excluding hydrogens is 298 g/mol. The molecule has 23 heavy (non-hydrogen) atoms. The van der Waals surface area contributed by atoms with Gasteiger partial charge in [-0.05, 0) is 31.0 Å². The average molecular weight is 319 g/mol. The van der Waals surface area contributed by atoms with Crippen molar-refractivity contribution >= 4 is 18.0 Å². The van der Waals surface area contributed by atoms with E-state index in [0.717, 1.165) is 25.7 Å². The summed E-state index contributed by atoms with van der Waals surface area (Å²) < 4.78 is 10.3. The zero-order valence-electron chi connectivity index (χ0n) is 13.3. The van der Waals surface area contributed by atoms with E-state index in [9.17, 15) is 9.59 Å². The summed E-state index contributed by atoms with van der Waals surface area (Å²) in [6.45, 7) is 0. The quantitative estimate of drug-likeness (QED) is 0.485. The Morgan fingerprint density at radius 1 is 1.17 bits per heavy atom. The summed E-state index contributed by atoms with van der Waals surface area (Å²) in [5.41, 5.74) is 2.84. The monoisotopic (exact) mass is 319 g/mol. The number of hydrogen-bond donors (Lipinski definition) is 2. The van der Waals surface area contributed by atoms with E-state index in [1.807, 2.05) is 0 Å². The first kappa shape index (κ1) is 16.8. The van der Waals surface area contributed by atoms with Gasteiger partial charge in [0.05, 0.1) is 20.4 Å². The minimum Gasteiger partial charge on any atom is -0.497 e. The maximum atomic E-state index is 11.7. The molecule has 0 unspecified atom stereocenters. The first-order valence-corrected chi connectivity index (χ1v) is 7.50. The molecule has 2 amide bonds. The van der Waals surface area contributed by atoms with E-state index in [1.165, 1.54) is 13.3 Å².